The standard InChI is InChI=1S/C18H18Cl2N2O2/c19-12-1-2-13(14(20)9-12)16-3-4-17(24-16)18(23)21-15-10-22-7-5-11(15)6-8-22/h1-4,9,11,15H,5-8,10H2,(H,21,23). The van der Waals surface area contributed by atoms with Crippen molar-refractivity contribution in [3.8, 4) is 11.3 Å². The second-order valence-electron chi connectivity index (χ2n) is 6.51. The Hall–Kier alpha value is -1.49. The summed E-state index contributed by atoms with van der Waals surface area (Å²) in [4.78, 5) is 14.9. The van der Waals surface area contributed by atoms with Gasteiger partial charge in [0.1, 0.15) is 5.76 Å². The van der Waals surface area contributed by atoms with Crippen molar-refractivity contribution in [1.82, 2.24) is 10.2 Å². The van der Waals surface area contributed by atoms with E-state index in [1.165, 1.54) is 0 Å². The summed E-state index contributed by atoms with van der Waals surface area (Å²) in [6.07, 6.45) is 2.32. The summed E-state index contributed by atoms with van der Waals surface area (Å²) in [5, 5.41) is 4.19. The Morgan fingerprint density at radius 2 is 1.96 bits per heavy atom. The molecule has 1 amide bonds. The topological polar surface area (TPSA) is 45.5 Å². The molecular formula is C18H18Cl2N2O2. The molecule has 0 radical (unpaired) electrons. The van der Waals surface area contributed by atoms with E-state index < -0.39 is 0 Å². The third-order valence-corrected chi connectivity index (χ3v) is 5.55. The molecule has 126 valence electrons. The van der Waals surface area contributed by atoms with E-state index in [2.05, 4.69) is 10.2 Å². The van der Waals surface area contributed by atoms with Crippen LogP contribution < -0.4 is 5.32 Å². The van der Waals surface area contributed by atoms with Crippen LogP contribution in [-0.4, -0.2) is 36.5 Å². The summed E-state index contributed by atoms with van der Waals surface area (Å²) in [5.41, 5.74) is 0.725. The third kappa shape index (κ3) is 3.06. The van der Waals surface area contributed by atoms with E-state index in [4.69, 9.17) is 27.6 Å². The van der Waals surface area contributed by atoms with Crippen LogP contribution >= 0.6 is 23.2 Å². The predicted molar refractivity (Wildman–Crippen MR) is 94.6 cm³/mol. The van der Waals surface area contributed by atoms with Crippen molar-refractivity contribution in [2.75, 3.05) is 19.6 Å². The first-order valence-corrected chi connectivity index (χ1v) is 8.94. The summed E-state index contributed by atoms with van der Waals surface area (Å²) in [6, 6.07) is 8.87. The van der Waals surface area contributed by atoms with Gasteiger partial charge in [-0.1, -0.05) is 23.2 Å². The maximum atomic E-state index is 12.5. The maximum absolute atomic E-state index is 12.5. The second-order valence-corrected chi connectivity index (χ2v) is 7.35. The van der Waals surface area contributed by atoms with Crippen LogP contribution in [0.1, 0.15) is 23.4 Å². The molecule has 1 atom stereocenters. The van der Waals surface area contributed by atoms with Crippen LogP contribution in [0.15, 0.2) is 34.7 Å². The molecule has 0 saturated carbocycles. The highest BCUT2D eigenvalue weighted by atomic mass is 35.5. The average Bonchev–Trinajstić information content (AvgIpc) is 3.06. The molecule has 1 unspecified atom stereocenters. The number of hydrogen-bond acceptors (Lipinski definition) is 3. The highest BCUT2D eigenvalue weighted by Gasteiger charge is 2.35. The second kappa shape index (κ2) is 6.43. The molecule has 1 aromatic carbocycles. The molecule has 3 aliphatic rings. The summed E-state index contributed by atoms with van der Waals surface area (Å²) in [6.45, 7) is 3.24. The quantitative estimate of drug-likeness (QED) is 0.892. The lowest BCUT2D eigenvalue weighted by Crippen LogP contribution is -2.57. The average molecular weight is 365 g/mol. The number of piperidine rings is 3. The molecule has 1 N–H and O–H groups in total. The van der Waals surface area contributed by atoms with Crippen molar-refractivity contribution in [3.05, 3.63) is 46.1 Å². The number of nitrogens with zero attached hydrogens (tertiary/aromatic N) is 1. The highest BCUT2D eigenvalue weighted by Crippen LogP contribution is 2.32. The van der Waals surface area contributed by atoms with E-state index >= 15 is 0 Å². The fourth-order valence-electron chi connectivity index (χ4n) is 3.66. The lowest BCUT2D eigenvalue weighted by Gasteiger charge is -2.44. The molecule has 3 aliphatic heterocycles. The Bertz CT molecular complexity index is 766. The van der Waals surface area contributed by atoms with Crippen molar-refractivity contribution in [2.45, 2.75) is 18.9 Å². The van der Waals surface area contributed by atoms with Gasteiger partial charge in [-0.15, -0.1) is 0 Å². The number of benzene rings is 1. The third-order valence-electron chi connectivity index (χ3n) is 5.00. The number of hydrogen-bond donors (Lipinski definition) is 1. The zero-order chi connectivity index (χ0) is 16.7. The number of carbonyl (C=O) groups excluding carboxylic acids is 1. The maximum Gasteiger partial charge on any atom is 0.287 e. The largest absolute Gasteiger partial charge is 0.451 e. The fourth-order valence-corrected chi connectivity index (χ4v) is 4.16. The van der Waals surface area contributed by atoms with Gasteiger partial charge in [-0.25, -0.2) is 0 Å². The number of amides is 1. The Labute approximate surface area is 150 Å². The summed E-state index contributed by atoms with van der Waals surface area (Å²) in [5.74, 6) is 1.30. The van der Waals surface area contributed by atoms with Gasteiger partial charge in [-0.05, 0) is 62.2 Å². The van der Waals surface area contributed by atoms with Crippen molar-refractivity contribution >= 4 is 29.1 Å². The van der Waals surface area contributed by atoms with Crippen molar-refractivity contribution < 1.29 is 9.21 Å². The molecule has 0 spiro atoms. The molecule has 3 fully saturated rings. The van der Waals surface area contributed by atoms with E-state index in [1.54, 1.807) is 30.3 Å². The molecule has 4 heterocycles. The minimum absolute atomic E-state index is 0.162. The molecule has 4 nitrogen and oxygen atoms in total. The first-order chi connectivity index (χ1) is 11.6. The molecule has 2 aromatic rings. The van der Waals surface area contributed by atoms with Crippen LogP contribution in [0.2, 0.25) is 10.0 Å². The number of nitrogens with one attached hydrogen (secondary N) is 1. The van der Waals surface area contributed by atoms with Gasteiger partial charge in [-0.2, -0.15) is 0 Å². The molecule has 2 bridgehead atoms. The Morgan fingerprint density at radius 3 is 2.62 bits per heavy atom. The number of carbonyl (C=O) groups is 1. The van der Waals surface area contributed by atoms with Crippen LogP contribution in [0, 0.1) is 5.92 Å². The van der Waals surface area contributed by atoms with Crippen LogP contribution in [-0.2, 0) is 0 Å². The minimum Gasteiger partial charge on any atom is -0.451 e. The number of furan rings is 1. The van der Waals surface area contributed by atoms with E-state index in [9.17, 15) is 4.79 Å². The zero-order valence-electron chi connectivity index (χ0n) is 13.1. The number of fused-ring (bicyclic) bond motifs is 3. The van der Waals surface area contributed by atoms with Gasteiger partial charge < -0.3 is 14.6 Å². The van der Waals surface area contributed by atoms with E-state index in [0.29, 0.717) is 27.5 Å². The lowest BCUT2D eigenvalue weighted by atomic mass is 9.84. The fraction of sp³-hybridized carbons (Fsp3) is 0.389. The van der Waals surface area contributed by atoms with Gasteiger partial charge in [0.2, 0.25) is 0 Å². The van der Waals surface area contributed by atoms with Gasteiger partial charge in [-0.3, -0.25) is 4.79 Å². The minimum atomic E-state index is -0.162. The van der Waals surface area contributed by atoms with Crippen LogP contribution in [0.25, 0.3) is 11.3 Å². The van der Waals surface area contributed by atoms with Crippen LogP contribution in [0.4, 0.5) is 0 Å². The molecule has 24 heavy (non-hydrogen) atoms. The van der Waals surface area contributed by atoms with Crippen molar-refractivity contribution in [1.29, 1.82) is 0 Å². The van der Waals surface area contributed by atoms with Gasteiger partial charge in [0, 0.05) is 23.2 Å². The highest BCUT2D eigenvalue weighted by molar-refractivity contribution is 6.36. The Kier molecular flexibility index (Phi) is 4.29. The monoisotopic (exact) mass is 364 g/mol. The van der Waals surface area contributed by atoms with Crippen LogP contribution in [0.3, 0.4) is 0 Å². The summed E-state index contributed by atoms with van der Waals surface area (Å²) < 4.78 is 5.72. The van der Waals surface area contributed by atoms with Crippen LogP contribution in [0.5, 0.6) is 0 Å². The Balaban J connectivity index is 1.49. The van der Waals surface area contributed by atoms with Crippen molar-refractivity contribution in [3.63, 3.8) is 0 Å². The number of rotatable bonds is 3. The van der Waals surface area contributed by atoms with E-state index in [0.717, 1.165) is 38.0 Å². The summed E-state index contributed by atoms with van der Waals surface area (Å²) >= 11 is 12.1. The predicted octanol–water partition coefficient (Wildman–Crippen LogP) is 4.08. The van der Waals surface area contributed by atoms with E-state index in [1.807, 2.05) is 0 Å². The van der Waals surface area contributed by atoms with Gasteiger partial charge in [0.25, 0.3) is 5.91 Å². The SMILES string of the molecule is O=C(NC1CN2CCC1CC2)c1ccc(-c2ccc(Cl)cc2Cl)o1. The molecule has 0 aliphatic carbocycles. The van der Waals surface area contributed by atoms with Gasteiger partial charge >= 0.3 is 0 Å². The van der Waals surface area contributed by atoms with E-state index in [-0.39, 0.29) is 11.9 Å². The Morgan fingerprint density at radius 1 is 1.17 bits per heavy atom. The lowest BCUT2D eigenvalue weighted by molar-refractivity contribution is 0.0606. The summed E-state index contributed by atoms with van der Waals surface area (Å²) in [7, 11) is 0. The number of halogens is 2. The molecule has 3 saturated heterocycles. The first-order valence-electron chi connectivity index (χ1n) is 8.18. The molecule has 6 heteroatoms. The molecular weight excluding hydrogens is 347 g/mol. The first kappa shape index (κ1) is 16.0. The van der Waals surface area contributed by atoms with Gasteiger partial charge in [0.05, 0.1) is 5.02 Å². The smallest absolute Gasteiger partial charge is 0.287 e. The normalized spacial score (nSPS) is 25.7. The van der Waals surface area contributed by atoms with Crippen molar-refractivity contribution in [2.24, 2.45) is 5.92 Å². The van der Waals surface area contributed by atoms with Gasteiger partial charge in [0.15, 0.2) is 5.76 Å². The zero-order valence-corrected chi connectivity index (χ0v) is 14.6. The molecule has 1 aromatic heterocycles. The molecule has 5 rings (SSSR count).